The van der Waals surface area contributed by atoms with E-state index in [9.17, 15) is 14.9 Å². The van der Waals surface area contributed by atoms with Crippen molar-refractivity contribution in [3.8, 4) is 0 Å². The van der Waals surface area contributed by atoms with Crippen molar-refractivity contribution in [2.24, 2.45) is 0 Å². The lowest BCUT2D eigenvalue weighted by molar-refractivity contribution is -0.385. The lowest BCUT2D eigenvalue weighted by Gasteiger charge is -2.07. The topological polar surface area (TPSA) is 84.3 Å². The van der Waals surface area contributed by atoms with Gasteiger partial charge in [0.05, 0.1) is 10.5 Å². The molecule has 1 amide bonds. The summed E-state index contributed by atoms with van der Waals surface area (Å²) >= 11 is 0. The van der Waals surface area contributed by atoms with Crippen LogP contribution < -0.4 is 10.6 Å². The van der Waals surface area contributed by atoms with Crippen molar-refractivity contribution in [2.75, 3.05) is 10.6 Å². The highest BCUT2D eigenvalue weighted by molar-refractivity contribution is 6.02. The number of benzene rings is 3. The number of nitro groups is 1. The molecule has 3 rings (SSSR count). The van der Waals surface area contributed by atoms with Gasteiger partial charge in [-0.1, -0.05) is 30.3 Å². The Kier molecular flexibility index (Phi) is 5.59. The van der Waals surface area contributed by atoms with E-state index in [0.29, 0.717) is 11.3 Å². The molecule has 0 aliphatic heterocycles. The minimum atomic E-state index is -0.476. The lowest BCUT2D eigenvalue weighted by atomic mass is 10.1. The Morgan fingerprint density at radius 2 is 1.41 bits per heavy atom. The SMILES string of the molecule is O=C(/C=C/c1ccccc1[N+](=O)[O-])Nc1ccc(Nc2ccccc2)cc1. The Morgan fingerprint density at radius 1 is 0.815 bits per heavy atom. The maximum Gasteiger partial charge on any atom is 0.276 e. The van der Waals surface area contributed by atoms with Crippen LogP contribution in [0.5, 0.6) is 0 Å². The van der Waals surface area contributed by atoms with Crippen LogP contribution >= 0.6 is 0 Å². The summed E-state index contributed by atoms with van der Waals surface area (Å²) in [6.45, 7) is 0. The van der Waals surface area contributed by atoms with E-state index in [1.807, 2.05) is 42.5 Å². The third-order valence-corrected chi connectivity index (χ3v) is 3.76. The number of carbonyl (C=O) groups is 1. The molecule has 0 saturated heterocycles. The molecule has 0 aromatic heterocycles. The van der Waals surface area contributed by atoms with Crippen LogP contribution in [0.4, 0.5) is 22.7 Å². The minimum absolute atomic E-state index is 0.0436. The first-order valence-electron chi connectivity index (χ1n) is 8.26. The summed E-state index contributed by atoms with van der Waals surface area (Å²) in [6.07, 6.45) is 2.71. The van der Waals surface area contributed by atoms with Crippen molar-refractivity contribution < 1.29 is 9.72 Å². The van der Waals surface area contributed by atoms with Gasteiger partial charge in [0.2, 0.25) is 5.91 Å². The Morgan fingerprint density at radius 3 is 2.11 bits per heavy atom. The van der Waals surface area contributed by atoms with Crippen LogP contribution in [0.3, 0.4) is 0 Å². The average molecular weight is 359 g/mol. The molecule has 0 bridgehead atoms. The fourth-order valence-electron chi connectivity index (χ4n) is 2.47. The summed E-state index contributed by atoms with van der Waals surface area (Å²) in [5.41, 5.74) is 2.83. The number of nitrogens with one attached hydrogen (secondary N) is 2. The molecule has 27 heavy (non-hydrogen) atoms. The second kappa shape index (κ2) is 8.44. The predicted molar refractivity (Wildman–Crippen MR) is 107 cm³/mol. The molecule has 0 spiro atoms. The van der Waals surface area contributed by atoms with E-state index in [1.54, 1.807) is 30.3 Å². The van der Waals surface area contributed by atoms with Gasteiger partial charge in [0, 0.05) is 29.2 Å². The molecule has 3 aromatic rings. The fourth-order valence-corrected chi connectivity index (χ4v) is 2.47. The van der Waals surface area contributed by atoms with E-state index < -0.39 is 4.92 Å². The van der Waals surface area contributed by atoms with Crippen molar-refractivity contribution >= 4 is 34.7 Å². The molecule has 6 heteroatoms. The molecule has 0 aliphatic rings. The number of anilines is 3. The van der Waals surface area contributed by atoms with Gasteiger partial charge in [-0.05, 0) is 48.5 Å². The molecule has 0 saturated carbocycles. The summed E-state index contributed by atoms with van der Waals surface area (Å²) < 4.78 is 0. The third kappa shape index (κ3) is 5.02. The molecule has 3 aromatic carbocycles. The molecular formula is C21H17N3O3. The lowest BCUT2D eigenvalue weighted by Crippen LogP contribution is -2.07. The van der Waals surface area contributed by atoms with E-state index >= 15 is 0 Å². The monoisotopic (exact) mass is 359 g/mol. The van der Waals surface area contributed by atoms with Crippen LogP contribution in [0.15, 0.2) is 84.9 Å². The third-order valence-electron chi connectivity index (χ3n) is 3.76. The highest BCUT2D eigenvalue weighted by Crippen LogP contribution is 2.20. The highest BCUT2D eigenvalue weighted by Gasteiger charge is 2.09. The largest absolute Gasteiger partial charge is 0.356 e. The summed E-state index contributed by atoms with van der Waals surface area (Å²) in [5.74, 6) is -0.364. The van der Waals surface area contributed by atoms with Gasteiger partial charge < -0.3 is 10.6 Å². The van der Waals surface area contributed by atoms with Crippen LogP contribution in [-0.4, -0.2) is 10.8 Å². The van der Waals surface area contributed by atoms with Crippen LogP contribution in [-0.2, 0) is 4.79 Å². The number of nitro benzene ring substituents is 1. The fraction of sp³-hybridized carbons (Fsp3) is 0. The van der Waals surface area contributed by atoms with Crippen molar-refractivity contribution in [3.63, 3.8) is 0 Å². The minimum Gasteiger partial charge on any atom is -0.356 e. The Bertz CT molecular complexity index is 967. The number of para-hydroxylation sites is 2. The van der Waals surface area contributed by atoms with E-state index in [-0.39, 0.29) is 11.6 Å². The van der Waals surface area contributed by atoms with Gasteiger partial charge in [0.25, 0.3) is 5.69 Å². The quantitative estimate of drug-likeness (QED) is 0.369. The van der Waals surface area contributed by atoms with E-state index in [4.69, 9.17) is 0 Å². The molecule has 0 unspecified atom stereocenters. The molecule has 0 fully saturated rings. The molecule has 6 nitrogen and oxygen atoms in total. The summed E-state index contributed by atoms with van der Waals surface area (Å²) in [7, 11) is 0. The Labute approximate surface area is 156 Å². The number of amides is 1. The molecule has 134 valence electrons. The van der Waals surface area contributed by atoms with Gasteiger partial charge in [-0.2, -0.15) is 0 Å². The molecule has 2 N–H and O–H groups in total. The molecule has 0 aliphatic carbocycles. The second-order valence-corrected chi connectivity index (χ2v) is 5.71. The first-order chi connectivity index (χ1) is 13.1. The van der Waals surface area contributed by atoms with Gasteiger partial charge >= 0.3 is 0 Å². The molecule has 0 radical (unpaired) electrons. The van der Waals surface area contributed by atoms with Gasteiger partial charge in [-0.25, -0.2) is 0 Å². The average Bonchev–Trinajstić information content (AvgIpc) is 2.69. The van der Waals surface area contributed by atoms with Gasteiger partial charge in [0.1, 0.15) is 0 Å². The highest BCUT2D eigenvalue weighted by atomic mass is 16.6. The van der Waals surface area contributed by atoms with Crippen LogP contribution in [0.2, 0.25) is 0 Å². The smallest absolute Gasteiger partial charge is 0.276 e. The first-order valence-corrected chi connectivity index (χ1v) is 8.26. The van der Waals surface area contributed by atoms with Crippen LogP contribution in [0.25, 0.3) is 6.08 Å². The normalized spacial score (nSPS) is 10.5. The maximum atomic E-state index is 12.1. The first kappa shape index (κ1) is 17.9. The van der Waals surface area contributed by atoms with Crippen molar-refractivity contribution in [2.45, 2.75) is 0 Å². The van der Waals surface area contributed by atoms with Crippen molar-refractivity contribution in [1.82, 2.24) is 0 Å². The number of carbonyl (C=O) groups excluding carboxylic acids is 1. The second-order valence-electron chi connectivity index (χ2n) is 5.71. The van der Waals surface area contributed by atoms with Crippen LogP contribution in [0, 0.1) is 10.1 Å². The van der Waals surface area contributed by atoms with Gasteiger partial charge in [0.15, 0.2) is 0 Å². The standard InChI is InChI=1S/C21H17N3O3/c25-21(15-10-16-6-4-5-9-20(16)24(26)27)23-19-13-11-18(12-14-19)22-17-7-2-1-3-8-17/h1-15,22H,(H,23,25)/b15-10+. The maximum absolute atomic E-state index is 12.1. The molecular weight excluding hydrogens is 342 g/mol. The van der Waals surface area contributed by atoms with E-state index in [1.165, 1.54) is 18.2 Å². The van der Waals surface area contributed by atoms with E-state index in [0.717, 1.165) is 11.4 Å². The number of nitrogens with zero attached hydrogens (tertiary/aromatic N) is 1. The zero-order chi connectivity index (χ0) is 19.1. The molecule has 0 heterocycles. The zero-order valence-corrected chi connectivity index (χ0v) is 14.3. The van der Waals surface area contributed by atoms with Crippen molar-refractivity contribution in [1.29, 1.82) is 0 Å². The summed E-state index contributed by atoms with van der Waals surface area (Å²) in [6, 6.07) is 23.3. The van der Waals surface area contributed by atoms with Crippen molar-refractivity contribution in [3.05, 3.63) is 101 Å². The Balaban J connectivity index is 1.62. The molecule has 0 atom stereocenters. The number of hydrogen-bond acceptors (Lipinski definition) is 4. The Hall–Kier alpha value is -3.93. The van der Waals surface area contributed by atoms with Gasteiger partial charge in [-0.15, -0.1) is 0 Å². The zero-order valence-electron chi connectivity index (χ0n) is 14.3. The van der Waals surface area contributed by atoms with Crippen LogP contribution in [0.1, 0.15) is 5.56 Å². The summed E-state index contributed by atoms with van der Waals surface area (Å²) in [5, 5.41) is 17.0. The number of rotatable bonds is 6. The predicted octanol–water partition coefficient (Wildman–Crippen LogP) is 4.99. The summed E-state index contributed by atoms with van der Waals surface area (Å²) in [4.78, 5) is 22.6. The van der Waals surface area contributed by atoms with E-state index in [2.05, 4.69) is 10.6 Å². The number of hydrogen-bond donors (Lipinski definition) is 2. The van der Waals surface area contributed by atoms with Gasteiger partial charge in [-0.3, -0.25) is 14.9 Å².